The molecule has 2 amide bonds. The number of amides is 2. The van der Waals surface area contributed by atoms with Crippen molar-refractivity contribution in [1.29, 1.82) is 0 Å². The highest BCUT2D eigenvalue weighted by Gasteiger charge is 2.22. The quantitative estimate of drug-likeness (QED) is 0.894. The first-order valence-corrected chi connectivity index (χ1v) is 7.70. The Morgan fingerprint density at radius 2 is 2.00 bits per heavy atom. The van der Waals surface area contributed by atoms with Crippen LogP contribution in [0.1, 0.15) is 48.5 Å². The molecule has 1 aliphatic rings. The summed E-state index contributed by atoms with van der Waals surface area (Å²) in [5.41, 5.74) is 1.62. The minimum Gasteiger partial charge on any atom is -0.352 e. The first kappa shape index (κ1) is 15.5. The maximum Gasteiger partial charge on any atom is 0.251 e. The Morgan fingerprint density at radius 3 is 2.71 bits per heavy atom. The summed E-state index contributed by atoms with van der Waals surface area (Å²) in [6.45, 7) is 4.15. The van der Waals surface area contributed by atoms with Crippen molar-refractivity contribution in [2.75, 3.05) is 6.54 Å². The molecule has 4 heteroatoms. The van der Waals surface area contributed by atoms with E-state index in [4.69, 9.17) is 0 Å². The van der Waals surface area contributed by atoms with Gasteiger partial charge in [-0.1, -0.05) is 37.5 Å². The molecule has 0 spiro atoms. The Hall–Kier alpha value is -1.84. The van der Waals surface area contributed by atoms with E-state index in [1.807, 2.05) is 25.1 Å². The zero-order chi connectivity index (χ0) is 15.2. The van der Waals surface area contributed by atoms with Gasteiger partial charge in [0, 0.05) is 11.6 Å². The molecule has 2 rings (SSSR count). The van der Waals surface area contributed by atoms with E-state index in [0.717, 1.165) is 12.0 Å². The minimum absolute atomic E-state index is 0.0377. The van der Waals surface area contributed by atoms with Gasteiger partial charge >= 0.3 is 0 Å². The Bertz CT molecular complexity index is 513. The third-order valence-corrected chi connectivity index (χ3v) is 4.15. The summed E-state index contributed by atoms with van der Waals surface area (Å²) in [5, 5.41) is 5.71. The lowest BCUT2D eigenvalue weighted by Gasteiger charge is -2.29. The Morgan fingerprint density at radius 1 is 1.24 bits per heavy atom. The van der Waals surface area contributed by atoms with Gasteiger partial charge in [0.1, 0.15) is 0 Å². The third kappa shape index (κ3) is 4.59. The third-order valence-electron chi connectivity index (χ3n) is 4.15. The van der Waals surface area contributed by atoms with Crippen LogP contribution in [-0.2, 0) is 4.79 Å². The molecule has 0 aromatic heterocycles. The average Bonchev–Trinajstić information content (AvgIpc) is 2.47. The molecule has 21 heavy (non-hydrogen) atoms. The Labute approximate surface area is 126 Å². The van der Waals surface area contributed by atoms with Crippen molar-refractivity contribution in [1.82, 2.24) is 10.6 Å². The van der Waals surface area contributed by atoms with Gasteiger partial charge in [-0.2, -0.15) is 0 Å². The molecule has 0 radical (unpaired) electrons. The van der Waals surface area contributed by atoms with E-state index in [0.29, 0.717) is 11.5 Å². The topological polar surface area (TPSA) is 58.2 Å². The van der Waals surface area contributed by atoms with Crippen molar-refractivity contribution >= 4 is 11.8 Å². The maximum atomic E-state index is 12.0. The number of carbonyl (C=O) groups excluding carboxylic acids is 2. The largest absolute Gasteiger partial charge is 0.352 e. The SMILES string of the molecule is Cc1cccc(C(=O)NCC(=O)N[C@H]2CCCC[C@H]2C)c1. The van der Waals surface area contributed by atoms with Gasteiger partial charge in [-0.3, -0.25) is 9.59 Å². The van der Waals surface area contributed by atoms with E-state index in [-0.39, 0.29) is 24.4 Å². The standard InChI is InChI=1S/C17H24N2O2/c1-12-6-5-8-14(10-12)17(21)18-11-16(20)19-15-9-4-3-7-13(15)2/h5-6,8,10,13,15H,3-4,7,9,11H2,1-2H3,(H,18,21)(H,19,20)/t13-,15+/m1/s1. The van der Waals surface area contributed by atoms with Crippen molar-refractivity contribution in [2.45, 2.75) is 45.6 Å². The zero-order valence-electron chi connectivity index (χ0n) is 12.8. The molecule has 0 aliphatic heterocycles. The van der Waals surface area contributed by atoms with Crippen LogP contribution < -0.4 is 10.6 Å². The number of nitrogens with one attached hydrogen (secondary N) is 2. The molecule has 4 nitrogen and oxygen atoms in total. The van der Waals surface area contributed by atoms with Gasteiger partial charge in [0.25, 0.3) is 5.91 Å². The second-order valence-electron chi connectivity index (χ2n) is 5.99. The molecule has 1 aromatic rings. The van der Waals surface area contributed by atoms with Gasteiger partial charge in [-0.15, -0.1) is 0 Å². The van der Waals surface area contributed by atoms with E-state index in [9.17, 15) is 9.59 Å². The van der Waals surface area contributed by atoms with Crippen LogP contribution in [0.4, 0.5) is 0 Å². The lowest BCUT2D eigenvalue weighted by Crippen LogP contribution is -2.45. The van der Waals surface area contributed by atoms with Crippen LogP contribution in [0.3, 0.4) is 0 Å². The van der Waals surface area contributed by atoms with Crippen molar-refractivity contribution < 1.29 is 9.59 Å². The number of carbonyl (C=O) groups is 2. The molecule has 0 heterocycles. The molecule has 2 N–H and O–H groups in total. The molecule has 114 valence electrons. The van der Waals surface area contributed by atoms with Crippen LogP contribution in [0.15, 0.2) is 24.3 Å². The Kier molecular flexibility index (Phi) is 5.37. The van der Waals surface area contributed by atoms with Gasteiger partial charge in [-0.25, -0.2) is 0 Å². The van der Waals surface area contributed by atoms with Crippen LogP contribution in [0.2, 0.25) is 0 Å². The highest BCUT2D eigenvalue weighted by Crippen LogP contribution is 2.23. The van der Waals surface area contributed by atoms with Gasteiger partial charge in [0.15, 0.2) is 0 Å². The average molecular weight is 288 g/mol. The fourth-order valence-corrected chi connectivity index (χ4v) is 2.84. The minimum atomic E-state index is -0.203. The summed E-state index contributed by atoms with van der Waals surface area (Å²) in [7, 11) is 0. The van der Waals surface area contributed by atoms with Gasteiger partial charge in [0.05, 0.1) is 6.54 Å². The fraction of sp³-hybridized carbons (Fsp3) is 0.529. The van der Waals surface area contributed by atoms with E-state index < -0.39 is 0 Å². The summed E-state index contributed by atoms with van der Waals surface area (Å²) in [6.07, 6.45) is 4.63. The normalized spacial score (nSPS) is 21.6. The highest BCUT2D eigenvalue weighted by atomic mass is 16.2. The first-order valence-electron chi connectivity index (χ1n) is 7.70. The lowest BCUT2D eigenvalue weighted by molar-refractivity contribution is -0.121. The van der Waals surface area contributed by atoms with E-state index in [1.54, 1.807) is 6.07 Å². The van der Waals surface area contributed by atoms with Gasteiger partial charge in [0.2, 0.25) is 5.91 Å². The molecule has 1 aromatic carbocycles. The number of hydrogen-bond donors (Lipinski definition) is 2. The second-order valence-corrected chi connectivity index (χ2v) is 5.99. The van der Waals surface area contributed by atoms with Crippen molar-refractivity contribution in [3.8, 4) is 0 Å². The monoisotopic (exact) mass is 288 g/mol. The van der Waals surface area contributed by atoms with Crippen molar-refractivity contribution in [3.05, 3.63) is 35.4 Å². The molecular weight excluding hydrogens is 264 g/mol. The molecule has 0 saturated heterocycles. The molecular formula is C17H24N2O2. The van der Waals surface area contributed by atoms with Gasteiger partial charge in [-0.05, 0) is 37.8 Å². The molecule has 1 fully saturated rings. The summed E-state index contributed by atoms with van der Waals surface area (Å²) >= 11 is 0. The molecule has 0 unspecified atom stereocenters. The van der Waals surface area contributed by atoms with Crippen molar-refractivity contribution in [2.24, 2.45) is 5.92 Å². The number of aryl methyl sites for hydroxylation is 1. The summed E-state index contributed by atoms with van der Waals surface area (Å²) in [4.78, 5) is 23.9. The number of hydrogen-bond acceptors (Lipinski definition) is 2. The van der Waals surface area contributed by atoms with Crippen LogP contribution in [0.5, 0.6) is 0 Å². The first-order chi connectivity index (χ1) is 10.1. The van der Waals surface area contributed by atoms with E-state index in [1.165, 1.54) is 19.3 Å². The van der Waals surface area contributed by atoms with Crippen LogP contribution >= 0.6 is 0 Å². The highest BCUT2D eigenvalue weighted by molar-refractivity contribution is 5.96. The zero-order valence-corrected chi connectivity index (χ0v) is 12.8. The number of rotatable bonds is 4. The smallest absolute Gasteiger partial charge is 0.251 e. The second kappa shape index (κ2) is 7.25. The summed E-state index contributed by atoms with van der Waals surface area (Å²) in [6, 6.07) is 7.60. The van der Waals surface area contributed by atoms with Gasteiger partial charge < -0.3 is 10.6 Å². The maximum absolute atomic E-state index is 12.0. The molecule has 0 bridgehead atoms. The van der Waals surface area contributed by atoms with Crippen LogP contribution in [0, 0.1) is 12.8 Å². The fourth-order valence-electron chi connectivity index (χ4n) is 2.84. The summed E-state index contributed by atoms with van der Waals surface area (Å²) < 4.78 is 0. The van der Waals surface area contributed by atoms with E-state index >= 15 is 0 Å². The van der Waals surface area contributed by atoms with Crippen LogP contribution in [-0.4, -0.2) is 24.4 Å². The predicted molar refractivity (Wildman–Crippen MR) is 83.1 cm³/mol. The van der Waals surface area contributed by atoms with Crippen LogP contribution in [0.25, 0.3) is 0 Å². The number of benzene rings is 1. The lowest BCUT2D eigenvalue weighted by atomic mass is 9.86. The molecule has 1 aliphatic carbocycles. The van der Waals surface area contributed by atoms with E-state index in [2.05, 4.69) is 17.6 Å². The molecule has 2 atom stereocenters. The predicted octanol–water partition coefficient (Wildman–Crippen LogP) is 2.42. The van der Waals surface area contributed by atoms with Crippen molar-refractivity contribution in [3.63, 3.8) is 0 Å². The Balaban J connectivity index is 1.79. The molecule has 1 saturated carbocycles. The summed E-state index contributed by atoms with van der Waals surface area (Å²) in [5.74, 6) is 0.218.